The fraction of sp³-hybridized carbons (Fsp3) is 0. The molecule has 142 valence electrons. The van der Waals surface area contributed by atoms with E-state index in [1.165, 1.54) is 6.20 Å². The number of benzene rings is 3. The summed E-state index contributed by atoms with van der Waals surface area (Å²) in [5.41, 5.74) is 2.42. The van der Waals surface area contributed by atoms with Crippen LogP contribution in [0.25, 0.3) is 38.5 Å². The summed E-state index contributed by atoms with van der Waals surface area (Å²) in [5, 5.41) is 2.03. The number of hydrogen-bond donors (Lipinski definition) is 1. The Balaban J connectivity index is 1.77. The van der Waals surface area contributed by atoms with Gasteiger partial charge in [-0.05, 0) is 29.3 Å². The minimum Gasteiger partial charge on any atom is -0.306 e. The predicted molar refractivity (Wildman–Crippen MR) is 119 cm³/mol. The van der Waals surface area contributed by atoms with Gasteiger partial charge in [-0.25, -0.2) is 9.36 Å². The second-order valence-electron chi connectivity index (χ2n) is 6.90. The number of pyridine rings is 1. The van der Waals surface area contributed by atoms with Crippen molar-refractivity contribution < 1.29 is 0 Å². The normalized spacial score (nSPS) is 10.9. The molecule has 5 heteroatoms. The Labute approximate surface area is 171 Å². The second-order valence-corrected chi connectivity index (χ2v) is 6.90. The van der Waals surface area contributed by atoms with Crippen LogP contribution in [-0.2, 0) is 0 Å². The number of nitrogens with zero attached hydrogens (tertiary/aromatic N) is 2. The Kier molecular flexibility index (Phi) is 4.04. The zero-order valence-corrected chi connectivity index (χ0v) is 15.8. The average molecular weight is 389 g/mol. The van der Waals surface area contributed by atoms with Crippen molar-refractivity contribution in [2.45, 2.75) is 0 Å². The largest absolute Gasteiger partial charge is 0.333 e. The molecule has 3 aromatic carbocycles. The van der Waals surface area contributed by atoms with E-state index in [1.54, 1.807) is 18.3 Å². The molecule has 0 unspecified atom stereocenters. The minimum absolute atomic E-state index is 0.399. The molecule has 0 aliphatic heterocycles. The maximum atomic E-state index is 13.2. The molecule has 0 amide bonds. The minimum atomic E-state index is -0.520. The van der Waals surface area contributed by atoms with Crippen molar-refractivity contribution in [3.05, 3.63) is 106 Å². The number of aromatic nitrogens is 3. The first-order valence-electron chi connectivity index (χ1n) is 9.35. The molecular weight excluding hydrogens is 374 g/mol. The SMILES string of the molecule is C#Cc1ccccc1-c1ccc2c(=O)n(-c3cncc4ccccc34)c(=O)[nH]c2c1. The maximum absolute atomic E-state index is 13.2. The molecule has 0 aliphatic rings. The second kappa shape index (κ2) is 6.87. The Morgan fingerprint density at radius 2 is 1.70 bits per heavy atom. The topological polar surface area (TPSA) is 67.8 Å². The van der Waals surface area contributed by atoms with Gasteiger partial charge in [0.1, 0.15) is 0 Å². The van der Waals surface area contributed by atoms with Gasteiger partial charge >= 0.3 is 5.69 Å². The fourth-order valence-electron chi connectivity index (χ4n) is 3.74. The highest BCUT2D eigenvalue weighted by Crippen LogP contribution is 2.25. The van der Waals surface area contributed by atoms with E-state index in [0.717, 1.165) is 32.0 Å². The van der Waals surface area contributed by atoms with E-state index in [9.17, 15) is 9.59 Å². The van der Waals surface area contributed by atoms with E-state index in [2.05, 4.69) is 15.9 Å². The first kappa shape index (κ1) is 17.7. The monoisotopic (exact) mass is 389 g/mol. The lowest BCUT2D eigenvalue weighted by Crippen LogP contribution is -2.33. The van der Waals surface area contributed by atoms with Crippen LogP contribution in [0.1, 0.15) is 5.56 Å². The molecule has 0 bridgehead atoms. The quantitative estimate of drug-likeness (QED) is 0.466. The van der Waals surface area contributed by atoms with Crippen LogP contribution in [-0.4, -0.2) is 14.5 Å². The Bertz CT molecular complexity index is 1600. The Morgan fingerprint density at radius 1 is 0.900 bits per heavy atom. The van der Waals surface area contributed by atoms with Crippen LogP contribution in [0.3, 0.4) is 0 Å². The number of aromatic amines is 1. The van der Waals surface area contributed by atoms with Crippen molar-refractivity contribution in [1.29, 1.82) is 0 Å². The molecule has 2 aromatic heterocycles. The van der Waals surface area contributed by atoms with Gasteiger partial charge in [-0.15, -0.1) is 6.42 Å². The van der Waals surface area contributed by atoms with Crippen LogP contribution in [0, 0.1) is 12.3 Å². The van der Waals surface area contributed by atoms with Gasteiger partial charge in [0.2, 0.25) is 0 Å². The van der Waals surface area contributed by atoms with Crippen molar-refractivity contribution in [2.24, 2.45) is 0 Å². The zero-order chi connectivity index (χ0) is 20.7. The van der Waals surface area contributed by atoms with Crippen molar-refractivity contribution in [1.82, 2.24) is 14.5 Å². The van der Waals surface area contributed by atoms with Gasteiger partial charge in [-0.1, -0.05) is 54.5 Å². The lowest BCUT2D eigenvalue weighted by atomic mass is 9.99. The molecule has 0 atom stereocenters. The molecule has 0 aliphatic carbocycles. The van der Waals surface area contributed by atoms with Crippen LogP contribution >= 0.6 is 0 Å². The van der Waals surface area contributed by atoms with Crippen LogP contribution in [0.4, 0.5) is 0 Å². The number of H-pyrrole nitrogens is 1. The predicted octanol–water partition coefficient (Wildman–Crippen LogP) is 3.88. The van der Waals surface area contributed by atoms with Gasteiger partial charge < -0.3 is 4.98 Å². The summed E-state index contributed by atoms with van der Waals surface area (Å²) in [7, 11) is 0. The molecule has 5 rings (SSSR count). The van der Waals surface area contributed by atoms with Crippen LogP contribution < -0.4 is 11.2 Å². The van der Waals surface area contributed by atoms with E-state index in [1.807, 2.05) is 54.6 Å². The van der Waals surface area contributed by atoms with E-state index in [4.69, 9.17) is 6.42 Å². The molecular formula is C25H15N3O2. The fourth-order valence-corrected chi connectivity index (χ4v) is 3.74. The van der Waals surface area contributed by atoms with Gasteiger partial charge in [-0.2, -0.15) is 0 Å². The van der Waals surface area contributed by atoms with Crippen molar-refractivity contribution in [3.8, 4) is 29.2 Å². The highest BCUT2D eigenvalue weighted by atomic mass is 16.2. The highest BCUT2D eigenvalue weighted by Gasteiger charge is 2.13. The lowest BCUT2D eigenvalue weighted by molar-refractivity contribution is 0.902. The summed E-state index contributed by atoms with van der Waals surface area (Å²) >= 11 is 0. The van der Waals surface area contributed by atoms with Crippen LogP contribution in [0.5, 0.6) is 0 Å². The summed E-state index contributed by atoms with van der Waals surface area (Å²) in [6, 6.07) is 20.4. The number of hydrogen-bond acceptors (Lipinski definition) is 3. The van der Waals surface area contributed by atoms with Crippen LogP contribution in [0.15, 0.2) is 88.7 Å². The summed E-state index contributed by atoms with van der Waals surface area (Å²) < 4.78 is 1.13. The van der Waals surface area contributed by atoms with Gasteiger partial charge in [0.25, 0.3) is 5.56 Å². The third kappa shape index (κ3) is 2.71. The highest BCUT2D eigenvalue weighted by molar-refractivity contribution is 5.90. The summed E-state index contributed by atoms with van der Waals surface area (Å²) in [5.74, 6) is 2.67. The number of nitrogens with one attached hydrogen (secondary N) is 1. The molecule has 30 heavy (non-hydrogen) atoms. The molecule has 2 heterocycles. The summed E-state index contributed by atoms with van der Waals surface area (Å²) in [6.45, 7) is 0. The molecule has 0 saturated carbocycles. The third-order valence-corrected chi connectivity index (χ3v) is 5.18. The van der Waals surface area contributed by atoms with Crippen molar-refractivity contribution in [3.63, 3.8) is 0 Å². The number of terminal acetylenes is 1. The Morgan fingerprint density at radius 3 is 2.57 bits per heavy atom. The molecule has 0 saturated heterocycles. The standard InChI is InChI=1S/C25H15N3O2/c1-2-16-7-3-5-9-19(16)17-11-12-21-22(13-17)27-25(30)28(24(21)29)23-15-26-14-18-8-4-6-10-20(18)23/h1,3-15H,(H,27,30). The maximum Gasteiger partial charge on any atom is 0.333 e. The first-order valence-corrected chi connectivity index (χ1v) is 9.35. The smallest absolute Gasteiger partial charge is 0.306 e. The van der Waals surface area contributed by atoms with E-state index < -0.39 is 11.2 Å². The van der Waals surface area contributed by atoms with Crippen molar-refractivity contribution in [2.75, 3.05) is 0 Å². The van der Waals surface area contributed by atoms with Gasteiger partial charge in [-0.3, -0.25) is 9.78 Å². The van der Waals surface area contributed by atoms with E-state index in [-0.39, 0.29) is 0 Å². The van der Waals surface area contributed by atoms with Gasteiger partial charge in [0.05, 0.1) is 22.8 Å². The number of fused-ring (bicyclic) bond motifs is 2. The number of rotatable bonds is 2. The van der Waals surface area contributed by atoms with E-state index in [0.29, 0.717) is 16.6 Å². The molecule has 0 fully saturated rings. The van der Waals surface area contributed by atoms with Crippen molar-refractivity contribution >= 4 is 21.7 Å². The van der Waals surface area contributed by atoms with E-state index >= 15 is 0 Å². The molecule has 5 aromatic rings. The molecule has 1 N–H and O–H groups in total. The summed E-state index contributed by atoms with van der Waals surface area (Å²) in [6.07, 6.45) is 8.84. The van der Waals surface area contributed by atoms with Gasteiger partial charge in [0, 0.05) is 22.5 Å². The molecule has 0 radical (unpaired) electrons. The van der Waals surface area contributed by atoms with Crippen LogP contribution in [0.2, 0.25) is 0 Å². The Hall–Kier alpha value is -4.43. The first-order chi connectivity index (χ1) is 14.7. The van der Waals surface area contributed by atoms with Gasteiger partial charge in [0.15, 0.2) is 0 Å². The molecule has 5 nitrogen and oxygen atoms in total. The zero-order valence-electron chi connectivity index (χ0n) is 15.8. The average Bonchev–Trinajstić information content (AvgIpc) is 2.79. The third-order valence-electron chi connectivity index (χ3n) is 5.18. The molecule has 0 spiro atoms. The lowest BCUT2D eigenvalue weighted by Gasteiger charge is -2.10. The summed E-state index contributed by atoms with van der Waals surface area (Å²) in [4.78, 5) is 33.2.